The zero-order chi connectivity index (χ0) is 21.9. The molecule has 5 nitrogen and oxygen atoms in total. The summed E-state index contributed by atoms with van der Waals surface area (Å²) in [6, 6.07) is 13.9. The zero-order valence-corrected chi connectivity index (χ0v) is 18.2. The number of hydrogen-bond donors (Lipinski definition) is 1. The Balaban J connectivity index is 1.82. The summed E-state index contributed by atoms with van der Waals surface area (Å²) in [6.45, 7) is 8.46. The smallest absolute Gasteiger partial charge is 0.337 e. The van der Waals surface area contributed by atoms with Gasteiger partial charge in [0.1, 0.15) is 11.4 Å². The molecule has 2 aromatic carbocycles. The molecule has 3 rings (SSSR count). The molecule has 30 heavy (non-hydrogen) atoms. The molecule has 1 saturated heterocycles. The van der Waals surface area contributed by atoms with Crippen LogP contribution in [0.3, 0.4) is 0 Å². The molecule has 2 atom stereocenters. The fourth-order valence-electron chi connectivity index (χ4n) is 4.26. The highest BCUT2D eigenvalue weighted by Crippen LogP contribution is 2.38. The SMILES string of the molecule is CCN(c1ccccc1C)C1C(=O)CC(CCc2ccc(O)cc2)(C(C)C)OC1=O. The van der Waals surface area contributed by atoms with Crippen LogP contribution in [0.4, 0.5) is 5.69 Å². The van der Waals surface area contributed by atoms with Gasteiger partial charge >= 0.3 is 5.97 Å². The van der Waals surface area contributed by atoms with Crippen molar-refractivity contribution in [2.24, 2.45) is 5.92 Å². The number of Topliss-reactive ketones (excluding diaryl/α,β-unsaturated/α-hetero) is 1. The van der Waals surface area contributed by atoms with E-state index in [1.807, 2.05) is 69.0 Å². The lowest BCUT2D eigenvalue weighted by Crippen LogP contribution is -2.59. The minimum Gasteiger partial charge on any atom is -0.508 e. The Morgan fingerprint density at radius 1 is 1.13 bits per heavy atom. The maximum absolute atomic E-state index is 13.3. The third kappa shape index (κ3) is 4.35. The van der Waals surface area contributed by atoms with Gasteiger partial charge in [-0.1, -0.05) is 44.2 Å². The summed E-state index contributed by atoms with van der Waals surface area (Å²) in [7, 11) is 0. The van der Waals surface area contributed by atoms with Crippen LogP contribution in [0.5, 0.6) is 5.75 Å². The molecular formula is C25H31NO4. The lowest BCUT2D eigenvalue weighted by molar-refractivity contribution is -0.179. The molecule has 0 bridgehead atoms. The summed E-state index contributed by atoms with van der Waals surface area (Å²) in [5, 5.41) is 9.48. The lowest BCUT2D eigenvalue weighted by Gasteiger charge is -2.44. The number of carbonyl (C=O) groups is 2. The van der Waals surface area contributed by atoms with Crippen LogP contribution in [0, 0.1) is 12.8 Å². The number of likely N-dealkylation sites (N-methyl/N-ethyl adjacent to an activating group) is 1. The van der Waals surface area contributed by atoms with Crippen LogP contribution in [-0.2, 0) is 20.7 Å². The van der Waals surface area contributed by atoms with Gasteiger partial charge in [0.25, 0.3) is 0 Å². The number of esters is 1. The first kappa shape index (κ1) is 21.9. The van der Waals surface area contributed by atoms with E-state index in [-0.39, 0.29) is 23.9 Å². The molecular weight excluding hydrogens is 378 g/mol. The van der Waals surface area contributed by atoms with Crippen molar-refractivity contribution in [3.8, 4) is 5.75 Å². The van der Waals surface area contributed by atoms with Crippen molar-refractivity contribution < 1.29 is 19.4 Å². The van der Waals surface area contributed by atoms with Crippen LogP contribution in [0.25, 0.3) is 0 Å². The Morgan fingerprint density at radius 3 is 2.37 bits per heavy atom. The van der Waals surface area contributed by atoms with E-state index in [0.29, 0.717) is 19.4 Å². The molecule has 5 heteroatoms. The Morgan fingerprint density at radius 2 is 1.80 bits per heavy atom. The Kier molecular flexibility index (Phi) is 6.49. The van der Waals surface area contributed by atoms with Gasteiger partial charge in [-0.2, -0.15) is 0 Å². The summed E-state index contributed by atoms with van der Waals surface area (Å²) in [6.07, 6.45) is 1.44. The maximum atomic E-state index is 13.3. The molecule has 160 valence electrons. The summed E-state index contributed by atoms with van der Waals surface area (Å²) < 4.78 is 6.06. The number of nitrogens with zero attached hydrogens (tertiary/aromatic N) is 1. The minimum absolute atomic E-state index is 0.0111. The fraction of sp³-hybridized carbons (Fsp3) is 0.440. The van der Waals surface area contributed by atoms with Gasteiger partial charge < -0.3 is 14.7 Å². The van der Waals surface area contributed by atoms with E-state index in [4.69, 9.17) is 4.74 Å². The Bertz CT molecular complexity index is 886. The molecule has 1 aliphatic rings. The summed E-state index contributed by atoms with van der Waals surface area (Å²) in [5.74, 6) is -0.321. The van der Waals surface area contributed by atoms with E-state index in [1.54, 1.807) is 12.1 Å². The van der Waals surface area contributed by atoms with Gasteiger partial charge in [-0.05, 0) is 61.9 Å². The van der Waals surface area contributed by atoms with Crippen molar-refractivity contribution in [3.05, 3.63) is 59.7 Å². The van der Waals surface area contributed by atoms with Gasteiger partial charge in [-0.15, -0.1) is 0 Å². The summed E-state index contributed by atoms with van der Waals surface area (Å²) in [4.78, 5) is 28.3. The van der Waals surface area contributed by atoms with Crippen LogP contribution >= 0.6 is 0 Å². The quantitative estimate of drug-likeness (QED) is 0.541. The molecule has 0 amide bonds. The molecule has 1 N–H and O–H groups in total. The first-order valence-corrected chi connectivity index (χ1v) is 10.6. The number of aryl methyl sites for hydroxylation is 2. The number of carbonyl (C=O) groups excluding carboxylic acids is 2. The third-order valence-electron chi connectivity index (χ3n) is 6.21. The number of phenols is 1. The van der Waals surface area contributed by atoms with Crippen LogP contribution < -0.4 is 4.90 Å². The van der Waals surface area contributed by atoms with Gasteiger partial charge in [-0.25, -0.2) is 4.79 Å². The van der Waals surface area contributed by atoms with Crippen molar-refractivity contribution in [2.75, 3.05) is 11.4 Å². The van der Waals surface area contributed by atoms with E-state index >= 15 is 0 Å². The fourth-order valence-corrected chi connectivity index (χ4v) is 4.26. The van der Waals surface area contributed by atoms with Crippen molar-refractivity contribution in [2.45, 2.75) is 58.6 Å². The highest BCUT2D eigenvalue weighted by molar-refractivity contribution is 6.08. The number of para-hydroxylation sites is 1. The summed E-state index contributed by atoms with van der Waals surface area (Å²) in [5.41, 5.74) is 2.13. The first-order valence-electron chi connectivity index (χ1n) is 10.6. The van der Waals surface area contributed by atoms with Crippen LogP contribution in [-0.4, -0.2) is 35.0 Å². The molecule has 1 heterocycles. The largest absolute Gasteiger partial charge is 0.508 e. The van der Waals surface area contributed by atoms with Crippen LogP contribution in [0.1, 0.15) is 44.7 Å². The molecule has 2 unspecified atom stereocenters. The molecule has 1 fully saturated rings. The lowest BCUT2D eigenvalue weighted by atomic mass is 9.77. The normalized spacial score (nSPS) is 21.6. The van der Waals surface area contributed by atoms with Crippen molar-refractivity contribution in [3.63, 3.8) is 0 Å². The number of hydrogen-bond acceptors (Lipinski definition) is 5. The van der Waals surface area contributed by atoms with Gasteiger partial charge in [0.15, 0.2) is 11.8 Å². The number of rotatable bonds is 7. The average molecular weight is 410 g/mol. The van der Waals surface area contributed by atoms with Crippen molar-refractivity contribution in [1.82, 2.24) is 0 Å². The second-order valence-corrected chi connectivity index (χ2v) is 8.43. The standard InChI is InChI=1S/C25H31NO4/c1-5-26(21-9-7-6-8-18(21)4)23-22(28)16-25(17(2)3,30-24(23)29)15-14-19-10-12-20(27)13-11-19/h6-13,17,23,27H,5,14-16H2,1-4H3. The second kappa shape index (κ2) is 8.90. The summed E-state index contributed by atoms with van der Waals surface area (Å²) >= 11 is 0. The number of cyclic esters (lactones) is 1. The number of ether oxygens (including phenoxy) is 1. The van der Waals surface area contributed by atoms with Gasteiger partial charge in [0.2, 0.25) is 0 Å². The third-order valence-corrected chi connectivity index (χ3v) is 6.21. The molecule has 0 radical (unpaired) electrons. The Labute approximate surface area is 178 Å². The van der Waals surface area contributed by atoms with Gasteiger partial charge in [-0.3, -0.25) is 4.79 Å². The maximum Gasteiger partial charge on any atom is 0.337 e. The zero-order valence-electron chi connectivity index (χ0n) is 18.2. The number of anilines is 1. The molecule has 2 aromatic rings. The van der Waals surface area contributed by atoms with E-state index in [9.17, 15) is 14.7 Å². The number of ketones is 1. The van der Waals surface area contributed by atoms with Gasteiger partial charge in [0.05, 0.1) is 0 Å². The Hall–Kier alpha value is -2.82. The highest BCUT2D eigenvalue weighted by Gasteiger charge is 2.50. The minimum atomic E-state index is -0.906. The number of benzene rings is 2. The monoisotopic (exact) mass is 409 g/mol. The average Bonchev–Trinajstić information content (AvgIpc) is 2.71. The van der Waals surface area contributed by atoms with E-state index in [0.717, 1.165) is 16.8 Å². The first-order chi connectivity index (χ1) is 14.3. The number of phenolic OH excluding ortho intramolecular Hbond substituents is 1. The predicted molar refractivity (Wildman–Crippen MR) is 118 cm³/mol. The number of aromatic hydroxyl groups is 1. The van der Waals surface area contributed by atoms with Gasteiger partial charge in [0, 0.05) is 18.7 Å². The van der Waals surface area contributed by atoms with Crippen LogP contribution in [0.15, 0.2) is 48.5 Å². The highest BCUT2D eigenvalue weighted by atomic mass is 16.6. The second-order valence-electron chi connectivity index (χ2n) is 8.43. The van der Waals surface area contributed by atoms with E-state index < -0.39 is 17.6 Å². The van der Waals surface area contributed by atoms with Crippen LogP contribution in [0.2, 0.25) is 0 Å². The van der Waals surface area contributed by atoms with E-state index in [1.165, 1.54) is 0 Å². The predicted octanol–water partition coefficient (Wildman–Crippen LogP) is 4.44. The van der Waals surface area contributed by atoms with Crippen molar-refractivity contribution in [1.29, 1.82) is 0 Å². The molecule has 0 saturated carbocycles. The topological polar surface area (TPSA) is 66.8 Å². The molecule has 0 spiro atoms. The molecule has 0 aliphatic carbocycles. The van der Waals surface area contributed by atoms with E-state index in [2.05, 4.69) is 0 Å². The molecule has 0 aromatic heterocycles. The van der Waals surface area contributed by atoms with Crippen molar-refractivity contribution >= 4 is 17.4 Å². The molecule has 1 aliphatic heterocycles.